The van der Waals surface area contributed by atoms with Crippen molar-refractivity contribution in [3.63, 3.8) is 0 Å². The number of pyridine rings is 1. The van der Waals surface area contributed by atoms with E-state index < -0.39 is 0 Å². The molecule has 0 saturated carbocycles. The topological polar surface area (TPSA) is 39.9 Å². The van der Waals surface area contributed by atoms with Gasteiger partial charge in [0.05, 0.1) is 5.69 Å². The van der Waals surface area contributed by atoms with Crippen LogP contribution in [-0.2, 0) is 6.54 Å². The minimum absolute atomic E-state index is 0.518. The normalized spacial score (nSPS) is 17.9. The molecule has 0 unspecified atom stereocenters. The molecule has 0 aromatic carbocycles. The zero-order valence-corrected chi connectivity index (χ0v) is 11.3. The Balaban J connectivity index is 1.90. The molecule has 1 aliphatic rings. The number of nitrogens with zero attached hydrogens (tertiary/aromatic N) is 3. The van der Waals surface area contributed by atoms with Crippen molar-refractivity contribution in [1.29, 1.82) is 5.26 Å². The summed E-state index contributed by atoms with van der Waals surface area (Å²) < 4.78 is 0. The minimum Gasteiger partial charge on any atom is -0.297 e. The summed E-state index contributed by atoms with van der Waals surface area (Å²) in [4.78, 5) is 6.78. The second-order valence-electron chi connectivity index (χ2n) is 5.48. The van der Waals surface area contributed by atoms with Crippen molar-refractivity contribution in [1.82, 2.24) is 9.88 Å². The van der Waals surface area contributed by atoms with Crippen LogP contribution in [0.25, 0.3) is 0 Å². The second kappa shape index (κ2) is 5.97. The molecule has 2 heterocycles. The number of piperidine rings is 1. The fourth-order valence-electron chi connectivity index (χ4n) is 2.64. The van der Waals surface area contributed by atoms with Crippen molar-refractivity contribution in [3.8, 4) is 6.07 Å². The van der Waals surface area contributed by atoms with E-state index >= 15 is 0 Å². The predicted molar refractivity (Wildman–Crippen MR) is 71.8 cm³/mol. The zero-order chi connectivity index (χ0) is 13.0. The van der Waals surface area contributed by atoms with E-state index in [0.29, 0.717) is 5.69 Å². The van der Waals surface area contributed by atoms with Crippen LogP contribution in [0.1, 0.15) is 38.1 Å². The van der Waals surface area contributed by atoms with Gasteiger partial charge in [-0.1, -0.05) is 19.9 Å². The van der Waals surface area contributed by atoms with Gasteiger partial charge in [0.1, 0.15) is 11.8 Å². The number of rotatable bonds is 3. The highest BCUT2D eigenvalue weighted by Gasteiger charge is 2.21. The molecule has 3 nitrogen and oxygen atoms in total. The lowest BCUT2D eigenvalue weighted by Gasteiger charge is -2.33. The molecule has 1 aliphatic heterocycles. The Labute approximate surface area is 109 Å². The maximum absolute atomic E-state index is 8.84. The van der Waals surface area contributed by atoms with Crippen molar-refractivity contribution in [3.05, 3.63) is 29.6 Å². The van der Waals surface area contributed by atoms with Gasteiger partial charge in [-0.25, -0.2) is 4.98 Å². The molecule has 96 valence electrons. The third-order valence-corrected chi connectivity index (χ3v) is 3.88. The maximum atomic E-state index is 8.84. The minimum atomic E-state index is 0.518. The van der Waals surface area contributed by atoms with Gasteiger partial charge in [0.15, 0.2) is 0 Å². The van der Waals surface area contributed by atoms with Gasteiger partial charge >= 0.3 is 0 Å². The van der Waals surface area contributed by atoms with Gasteiger partial charge in [-0.3, -0.25) is 4.90 Å². The Morgan fingerprint density at radius 3 is 2.72 bits per heavy atom. The molecule has 0 radical (unpaired) electrons. The van der Waals surface area contributed by atoms with Gasteiger partial charge in [0, 0.05) is 6.54 Å². The lowest BCUT2D eigenvalue weighted by atomic mass is 9.87. The largest absolute Gasteiger partial charge is 0.297 e. The lowest BCUT2D eigenvalue weighted by molar-refractivity contribution is 0.150. The van der Waals surface area contributed by atoms with Crippen LogP contribution >= 0.6 is 0 Å². The van der Waals surface area contributed by atoms with Crippen LogP contribution in [0.4, 0.5) is 0 Å². The molecule has 3 heteroatoms. The molecule has 18 heavy (non-hydrogen) atoms. The van der Waals surface area contributed by atoms with Crippen molar-refractivity contribution >= 4 is 0 Å². The molecule has 0 aliphatic carbocycles. The van der Waals surface area contributed by atoms with Gasteiger partial charge < -0.3 is 0 Å². The first-order valence-electron chi connectivity index (χ1n) is 6.77. The monoisotopic (exact) mass is 243 g/mol. The van der Waals surface area contributed by atoms with Gasteiger partial charge in [-0.05, 0) is 49.9 Å². The summed E-state index contributed by atoms with van der Waals surface area (Å²) in [5.74, 6) is 1.67. The van der Waals surface area contributed by atoms with E-state index in [0.717, 1.165) is 37.2 Å². The fraction of sp³-hybridized carbons (Fsp3) is 0.600. The highest BCUT2D eigenvalue weighted by molar-refractivity contribution is 5.22. The van der Waals surface area contributed by atoms with Crippen LogP contribution in [-0.4, -0.2) is 23.0 Å². The molecule has 1 saturated heterocycles. The van der Waals surface area contributed by atoms with Crippen LogP contribution in [0.5, 0.6) is 0 Å². The first kappa shape index (κ1) is 13.0. The van der Waals surface area contributed by atoms with Gasteiger partial charge in [0.2, 0.25) is 0 Å². The zero-order valence-electron chi connectivity index (χ0n) is 11.3. The molecular formula is C15H21N3. The SMILES string of the molecule is CC(C)C1CCN(Cc2cccc(C#N)n2)CC1. The fourth-order valence-corrected chi connectivity index (χ4v) is 2.64. The van der Waals surface area contributed by atoms with Crippen molar-refractivity contribution in [2.24, 2.45) is 11.8 Å². The van der Waals surface area contributed by atoms with Crippen LogP contribution in [0, 0.1) is 23.2 Å². The summed E-state index contributed by atoms with van der Waals surface area (Å²) in [5, 5.41) is 8.84. The quantitative estimate of drug-likeness (QED) is 0.819. The lowest BCUT2D eigenvalue weighted by Crippen LogP contribution is -2.35. The predicted octanol–water partition coefficient (Wildman–Crippen LogP) is 2.82. The third-order valence-electron chi connectivity index (χ3n) is 3.88. The molecule has 2 rings (SSSR count). The van der Waals surface area contributed by atoms with Crippen molar-refractivity contribution in [2.75, 3.05) is 13.1 Å². The second-order valence-corrected chi connectivity index (χ2v) is 5.48. The Kier molecular flexibility index (Phi) is 4.33. The summed E-state index contributed by atoms with van der Waals surface area (Å²) in [6, 6.07) is 7.78. The summed E-state index contributed by atoms with van der Waals surface area (Å²) in [7, 11) is 0. The van der Waals surface area contributed by atoms with Gasteiger partial charge in [0.25, 0.3) is 0 Å². The van der Waals surface area contributed by atoms with E-state index in [1.54, 1.807) is 6.07 Å². The van der Waals surface area contributed by atoms with Crippen LogP contribution in [0.2, 0.25) is 0 Å². The molecular weight excluding hydrogens is 222 g/mol. The highest BCUT2D eigenvalue weighted by atomic mass is 15.1. The molecule has 1 aromatic heterocycles. The highest BCUT2D eigenvalue weighted by Crippen LogP contribution is 2.24. The standard InChI is InChI=1S/C15H21N3/c1-12(2)13-6-8-18(9-7-13)11-15-5-3-4-14(10-16)17-15/h3-5,12-13H,6-9,11H2,1-2H3. The summed E-state index contributed by atoms with van der Waals surface area (Å²) in [6.07, 6.45) is 2.57. The van der Waals surface area contributed by atoms with Crippen molar-refractivity contribution in [2.45, 2.75) is 33.2 Å². The smallest absolute Gasteiger partial charge is 0.140 e. The van der Waals surface area contributed by atoms with Crippen LogP contribution in [0.15, 0.2) is 18.2 Å². The van der Waals surface area contributed by atoms with E-state index in [4.69, 9.17) is 5.26 Å². The molecule has 0 amide bonds. The number of nitriles is 1. The number of hydrogen-bond acceptors (Lipinski definition) is 3. The average Bonchev–Trinajstić information content (AvgIpc) is 2.39. The number of aromatic nitrogens is 1. The Bertz CT molecular complexity index is 426. The Morgan fingerprint density at radius 2 is 2.11 bits per heavy atom. The first-order chi connectivity index (χ1) is 8.69. The molecule has 0 N–H and O–H groups in total. The summed E-state index contributed by atoms with van der Waals surface area (Å²) in [6.45, 7) is 7.82. The molecule has 1 aromatic rings. The maximum Gasteiger partial charge on any atom is 0.140 e. The van der Waals surface area contributed by atoms with Crippen LogP contribution < -0.4 is 0 Å². The third kappa shape index (κ3) is 3.30. The molecule has 0 atom stereocenters. The van der Waals surface area contributed by atoms with Crippen molar-refractivity contribution < 1.29 is 0 Å². The van der Waals surface area contributed by atoms with E-state index in [1.165, 1.54) is 12.8 Å². The molecule has 1 fully saturated rings. The van der Waals surface area contributed by atoms with Gasteiger partial charge in [-0.15, -0.1) is 0 Å². The van der Waals surface area contributed by atoms with E-state index in [2.05, 4.69) is 29.8 Å². The molecule has 0 bridgehead atoms. The first-order valence-corrected chi connectivity index (χ1v) is 6.77. The Hall–Kier alpha value is -1.40. The average molecular weight is 243 g/mol. The van der Waals surface area contributed by atoms with Gasteiger partial charge in [-0.2, -0.15) is 5.26 Å². The van der Waals surface area contributed by atoms with Crippen LogP contribution in [0.3, 0.4) is 0 Å². The molecule has 0 spiro atoms. The summed E-state index contributed by atoms with van der Waals surface area (Å²) in [5.41, 5.74) is 1.53. The number of hydrogen-bond donors (Lipinski definition) is 0. The van der Waals surface area contributed by atoms with E-state index in [1.807, 2.05) is 12.1 Å². The van der Waals surface area contributed by atoms with E-state index in [9.17, 15) is 0 Å². The Morgan fingerprint density at radius 1 is 1.39 bits per heavy atom. The summed E-state index contributed by atoms with van der Waals surface area (Å²) >= 11 is 0. The van der Waals surface area contributed by atoms with E-state index in [-0.39, 0.29) is 0 Å². The number of likely N-dealkylation sites (tertiary alicyclic amines) is 1.